The average molecular weight is 149 g/mol. The first-order valence-corrected chi connectivity index (χ1v) is 6.44. The second kappa shape index (κ2) is 5.38. The van der Waals surface area contributed by atoms with Crippen molar-refractivity contribution in [3.8, 4) is 0 Å². The van der Waals surface area contributed by atoms with Gasteiger partial charge in [0.1, 0.15) is 8.11 Å². The van der Waals surface area contributed by atoms with Gasteiger partial charge in [0.15, 0.2) is 0 Å². The van der Waals surface area contributed by atoms with Crippen molar-refractivity contribution in [2.24, 2.45) is 0 Å². The summed E-state index contributed by atoms with van der Waals surface area (Å²) in [5, 5.41) is 0. The van der Waals surface area contributed by atoms with Gasteiger partial charge in [0, 0.05) is 0 Å². The summed E-state index contributed by atoms with van der Waals surface area (Å²) in [4.78, 5) is 0. The molecular formula is C6H13ClSi. The molecule has 0 N–H and O–H groups in total. The van der Waals surface area contributed by atoms with E-state index < -0.39 is 8.11 Å². The molecule has 0 aromatic heterocycles. The normalized spacial score (nSPS) is 13.2. The Bertz CT molecular complexity index is 63.5. The van der Waals surface area contributed by atoms with Crippen LogP contribution in [0.3, 0.4) is 0 Å². The van der Waals surface area contributed by atoms with Gasteiger partial charge in [0.25, 0.3) is 0 Å². The minimum absolute atomic E-state index is 0.798. The minimum atomic E-state index is -0.798. The van der Waals surface area contributed by atoms with Crippen molar-refractivity contribution in [1.82, 2.24) is 0 Å². The van der Waals surface area contributed by atoms with Crippen molar-refractivity contribution in [1.29, 1.82) is 0 Å². The molecule has 2 heteroatoms. The maximum atomic E-state index is 5.94. The molecule has 0 radical (unpaired) electrons. The van der Waals surface area contributed by atoms with E-state index >= 15 is 0 Å². The summed E-state index contributed by atoms with van der Waals surface area (Å²) in [6.07, 6.45) is 3.05. The molecule has 0 aromatic carbocycles. The third-order valence-corrected chi connectivity index (χ3v) is 4.55. The number of rotatable bonds is 4. The number of allylic oxidation sites excluding steroid dienone is 1. The monoisotopic (exact) mass is 148 g/mol. The highest BCUT2D eigenvalue weighted by Gasteiger charge is 1.99. The fourth-order valence-corrected chi connectivity index (χ4v) is 1.89. The van der Waals surface area contributed by atoms with Crippen LogP contribution in [0.15, 0.2) is 12.7 Å². The zero-order chi connectivity index (χ0) is 6.41. The molecule has 0 aliphatic rings. The third-order valence-electron chi connectivity index (χ3n) is 1.13. The Morgan fingerprint density at radius 2 is 2.38 bits per heavy atom. The highest BCUT2D eigenvalue weighted by Crippen LogP contribution is 2.06. The van der Waals surface area contributed by atoms with Crippen LogP contribution in [0.1, 0.15) is 13.3 Å². The van der Waals surface area contributed by atoms with Crippen molar-refractivity contribution < 1.29 is 0 Å². The Morgan fingerprint density at radius 3 is 2.75 bits per heavy atom. The lowest BCUT2D eigenvalue weighted by Gasteiger charge is -1.98. The largest absolute Gasteiger partial charge is 0.172 e. The molecule has 1 unspecified atom stereocenters. The van der Waals surface area contributed by atoms with Crippen LogP contribution in [0.5, 0.6) is 0 Å². The van der Waals surface area contributed by atoms with Gasteiger partial charge in [0.2, 0.25) is 0 Å². The minimum Gasteiger partial charge on any atom is -0.172 e. The van der Waals surface area contributed by atoms with E-state index in [1.807, 2.05) is 6.08 Å². The molecule has 8 heavy (non-hydrogen) atoms. The molecule has 0 amide bonds. The fraction of sp³-hybridized carbons (Fsp3) is 0.667. The van der Waals surface area contributed by atoms with Gasteiger partial charge in [-0.3, -0.25) is 0 Å². The van der Waals surface area contributed by atoms with Crippen molar-refractivity contribution in [2.75, 3.05) is 0 Å². The number of halogens is 1. The number of hydrogen-bond acceptors (Lipinski definition) is 0. The van der Waals surface area contributed by atoms with Gasteiger partial charge in [-0.25, -0.2) is 0 Å². The standard InChI is InChI=1S/C6H13ClSi/c1-3-5-6-8(7)4-2/h3,8H,1,4-6H2,2H3. The second-order valence-electron chi connectivity index (χ2n) is 1.87. The van der Waals surface area contributed by atoms with Crippen LogP contribution < -0.4 is 0 Å². The van der Waals surface area contributed by atoms with Crippen LogP contribution in [-0.2, 0) is 0 Å². The lowest BCUT2D eigenvalue weighted by molar-refractivity contribution is 1.18. The number of hydrogen-bond donors (Lipinski definition) is 0. The molecule has 0 aliphatic heterocycles. The molecule has 0 heterocycles. The second-order valence-corrected chi connectivity index (χ2v) is 6.31. The molecule has 0 fully saturated rings. The SMILES string of the molecule is C=CCC[SiH](Cl)CC. The van der Waals surface area contributed by atoms with Gasteiger partial charge in [-0.05, 0) is 18.5 Å². The Labute approximate surface area is 57.9 Å². The first kappa shape index (κ1) is 8.25. The van der Waals surface area contributed by atoms with Crippen LogP contribution in [-0.4, -0.2) is 8.11 Å². The van der Waals surface area contributed by atoms with Gasteiger partial charge in [-0.2, -0.15) is 11.1 Å². The van der Waals surface area contributed by atoms with Crippen LogP contribution in [0.25, 0.3) is 0 Å². The summed E-state index contributed by atoms with van der Waals surface area (Å²) in [7, 11) is -0.798. The average Bonchev–Trinajstić information content (AvgIpc) is 1.83. The highest BCUT2D eigenvalue weighted by atomic mass is 35.6. The first-order chi connectivity index (χ1) is 3.81. The Balaban J connectivity index is 2.97. The van der Waals surface area contributed by atoms with Gasteiger partial charge in [0.05, 0.1) is 0 Å². The van der Waals surface area contributed by atoms with Crippen molar-refractivity contribution in [3.63, 3.8) is 0 Å². The molecule has 0 aliphatic carbocycles. The predicted molar refractivity (Wildman–Crippen MR) is 43.1 cm³/mol. The zero-order valence-corrected chi connectivity index (χ0v) is 7.27. The molecular weight excluding hydrogens is 136 g/mol. The molecule has 0 nitrogen and oxygen atoms in total. The third kappa shape index (κ3) is 4.41. The summed E-state index contributed by atoms with van der Waals surface area (Å²) < 4.78 is 0. The summed E-state index contributed by atoms with van der Waals surface area (Å²) in [6, 6.07) is 2.41. The van der Waals surface area contributed by atoms with E-state index in [4.69, 9.17) is 11.1 Å². The van der Waals surface area contributed by atoms with Crippen LogP contribution in [0.4, 0.5) is 0 Å². The van der Waals surface area contributed by atoms with Gasteiger partial charge in [-0.15, -0.1) is 6.58 Å². The molecule has 0 saturated heterocycles. The molecule has 1 atom stereocenters. The van der Waals surface area contributed by atoms with E-state index in [1.54, 1.807) is 0 Å². The molecule has 0 aromatic rings. The molecule has 0 rings (SSSR count). The van der Waals surface area contributed by atoms with E-state index in [0.717, 1.165) is 6.42 Å². The van der Waals surface area contributed by atoms with Crippen LogP contribution in [0, 0.1) is 0 Å². The summed E-state index contributed by atoms with van der Waals surface area (Å²) in [5.74, 6) is 0. The summed E-state index contributed by atoms with van der Waals surface area (Å²) >= 11 is 5.94. The molecule has 0 spiro atoms. The maximum Gasteiger partial charge on any atom is 0.141 e. The van der Waals surface area contributed by atoms with Crippen molar-refractivity contribution in [2.45, 2.75) is 25.4 Å². The summed E-state index contributed by atoms with van der Waals surface area (Å²) in [6.45, 7) is 5.79. The maximum absolute atomic E-state index is 5.94. The summed E-state index contributed by atoms with van der Waals surface area (Å²) in [5.41, 5.74) is 0. The predicted octanol–water partition coefficient (Wildman–Crippen LogP) is 2.55. The lowest BCUT2D eigenvalue weighted by Crippen LogP contribution is -1.98. The van der Waals surface area contributed by atoms with Crippen LogP contribution >= 0.6 is 11.1 Å². The Morgan fingerprint density at radius 1 is 1.75 bits per heavy atom. The Kier molecular flexibility index (Phi) is 5.55. The fourth-order valence-electron chi connectivity index (χ4n) is 0.503. The zero-order valence-electron chi connectivity index (χ0n) is 5.36. The lowest BCUT2D eigenvalue weighted by atomic mass is 10.5. The molecule has 48 valence electrons. The van der Waals surface area contributed by atoms with E-state index in [1.165, 1.54) is 12.1 Å². The molecule has 0 bridgehead atoms. The van der Waals surface area contributed by atoms with E-state index in [-0.39, 0.29) is 0 Å². The molecule has 0 saturated carbocycles. The van der Waals surface area contributed by atoms with Crippen molar-refractivity contribution >= 4 is 19.2 Å². The Hall–Kier alpha value is 0.247. The van der Waals surface area contributed by atoms with E-state index in [9.17, 15) is 0 Å². The smallest absolute Gasteiger partial charge is 0.141 e. The van der Waals surface area contributed by atoms with Gasteiger partial charge < -0.3 is 0 Å². The van der Waals surface area contributed by atoms with E-state index in [2.05, 4.69) is 13.5 Å². The van der Waals surface area contributed by atoms with E-state index in [0.29, 0.717) is 0 Å². The topological polar surface area (TPSA) is 0 Å². The van der Waals surface area contributed by atoms with Crippen LogP contribution in [0.2, 0.25) is 12.1 Å². The van der Waals surface area contributed by atoms with Gasteiger partial charge in [-0.1, -0.05) is 13.0 Å². The van der Waals surface area contributed by atoms with Gasteiger partial charge >= 0.3 is 0 Å². The highest BCUT2D eigenvalue weighted by molar-refractivity contribution is 7.06. The van der Waals surface area contributed by atoms with Crippen molar-refractivity contribution in [3.05, 3.63) is 12.7 Å². The quantitative estimate of drug-likeness (QED) is 0.327. The first-order valence-electron chi connectivity index (χ1n) is 3.06.